The first-order valence-corrected chi connectivity index (χ1v) is 3.41. The molecule has 0 aromatic carbocycles. The zero-order chi connectivity index (χ0) is 6.04. The Hall–Kier alpha value is 0.960. The first kappa shape index (κ1) is 9.96. The Kier molecular flexibility index (Phi) is 4.39. The van der Waals surface area contributed by atoms with Gasteiger partial charge in [0.05, 0.1) is 0 Å². The largest absolute Gasteiger partial charge is 1.00 e. The Morgan fingerprint density at radius 3 is 1.78 bits per heavy atom. The van der Waals surface area contributed by atoms with E-state index in [0.717, 1.165) is 25.7 Å². The van der Waals surface area contributed by atoms with Crippen LogP contribution in [-0.2, 0) is 0 Å². The maximum absolute atomic E-state index is 11.1. The third kappa shape index (κ3) is 3.61. The van der Waals surface area contributed by atoms with Crippen molar-refractivity contribution in [3.05, 3.63) is 0 Å². The molecular weight excluding hydrogens is 123 g/mol. The maximum Gasteiger partial charge on any atom is 1.00 e. The van der Waals surface area contributed by atoms with Crippen LogP contribution in [0.5, 0.6) is 0 Å². The van der Waals surface area contributed by atoms with Gasteiger partial charge in [-0.2, -0.15) is 0 Å². The van der Waals surface area contributed by atoms with Gasteiger partial charge in [-0.05, 0) is 0 Å². The summed E-state index contributed by atoms with van der Waals surface area (Å²) in [7, 11) is 0. The summed E-state index contributed by atoms with van der Waals surface area (Å²) in [6.07, 6.45) is 5.37. The van der Waals surface area contributed by atoms with Crippen LogP contribution in [0.15, 0.2) is 0 Å². The topological polar surface area (TPSA) is 23.1 Å². The molecule has 1 saturated carbocycles. The molecule has 0 bridgehead atoms. The number of hydrogen-bond acceptors (Lipinski definition) is 1. The van der Waals surface area contributed by atoms with Gasteiger partial charge in [-0.25, -0.2) is 0 Å². The van der Waals surface area contributed by atoms with Gasteiger partial charge in [0.15, 0.2) is 0 Å². The normalized spacial score (nSPS) is 24.7. The van der Waals surface area contributed by atoms with Crippen molar-refractivity contribution in [2.24, 2.45) is 0 Å². The van der Waals surface area contributed by atoms with E-state index in [-0.39, 0.29) is 29.6 Å². The summed E-state index contributed by atoms with van der Waals surface area (Å²) in [6, 6.07) is 0. The predicted octanol–water partition coefficient (Wildman–Crippen LogP) is -1.93. The first-order chi connectivity index (χ1) is 3.71. The minimum Gasteiger partial charge on any atom is -0.850 e. The zero-order valence-electron chi connectivity index (χ0n) is 6.44. The van der Waals surface area contributed by atoms with Gasteiger partial charge >= 0.3 is 29.6 Å². The molecule has 1 fully saturated rings. The molecule has 1 nitrogen and oxygen atoms in total. The smallest absolute Gasteiger partial charge is 0.850 e. The molecular formula is C7H13NaO. The van der Waals surface area contributed by atoms with Crippen LogP contribution in [0.4, 0.5) is 0 Å². The Balaban J connectivity index is 0.000000640. The second-order valence-electron chi connectivity index (χ2n) is 3.01. The second-order valence-corrected chi connectivity index (χ2v) is 3.01. The summed E-state index contributed by atoms with van der Waals surface area (Å²) in [6.45, 7) is 1.83. The fraction of sp³-hybridized carbons (Fsp3) is 1.00. The number of rotatable bonds is 0. The molecule has 2 heteroatoms. The van der Waals surface area contributed by atoms with Crippen LogP contribution < -0.4 is 34.7 Å². The third-order valence-electron chi connectivity index (χ3n) is 1.91. The average molecular weight is 136 g/mol. The van der Waals surface area contributed by atoms with Crippen molar-refractivity contribution in [3.8, 4) is 0 Å². The molecule has 0 spiro atoms. The fourth-order valence-corrected chi connectivity index (χ4v) is 1.30. The van der Waals surface area contributed by atoms with Crippen molar-refractivity contribution < 1.29 is 34.7 Å². The van der Waals surface area contributed by atoms with E-state index in [1.807, 2.05) is 6.92 Å². The van der Waals surface area contributed by atoms with Crippen LogP contribution in [0, 0.1) is 0 Å². The van der Waals surface area contributed by atoms with E-state index in [1.165, 1.54) is 6.42 Å². The van der Waals surface area contributed by atoms with Crippen LogP contribution in [-0.4, -0.2) is 5.60 Å². The van der Waals surface area contributed by atoms with Crippen molar-refractivity contribution in [3.63, 3.8) is 0 Å². The summed E-state index contributed by atoms with van der Waals surface area (Å²) in [4.78, 5) is 0. The monoisotopic (exact) mass is 136 g/mol. The molecule has 1 rings (SSSR count). The molecule has 0 aromatic rings. The molecule has 0 amide bonds. The molecule has 1 aliphatic carbocycles. The van der Waals surface area contributed by atoms with Crippen LogP contribution >= 0.6 is 0 Å². The van der Waals surface area contributed by atoms with E-state index in [2.05, 4.69) is 0 Å². The van der Waals surface area contributed by atoms with Crippen LogP contribution in [0.25, 0.3) is 0 Å². The number of hydrogen-bond donors (Lipinski definition) is 0. The van der Waals surface area contributed by atoms with Crippen molar-refractivity contribution in [2.75, 3.05) is 0 Å². The van der Waals surface area contributed by atoms with Gasteiger partial charge in [-0.3, -0.25) is 0 Å². The van der Waals surface area contributed by atoms with Crippen molar-refractivity contribution in [2.45, 2.75) is 44.6 Å². The molecule has 0 unspecified atom stereocenters. The Morgan fingerprint density at radius 2 is 1.56 bits per heavy atom. The molecule has 0 heterocycles. The van der Waals surface area contributed by atoms with Crippen molar-refractivity contribution in [1.82, 2.24) is 0 Å². The molecule has 0 radical (unpaired) electrons. The second kappa shape index (κ2) is 3.97. The Morgan fingerprint density at radius 1 is 1.11 bits per heavy atom. The molecule has 0 aromatic heterocycles. The molecule has 0 atom stereocenters. The van der Waals surface area contributed by atoms with Gasteiger partial charge < -0.3 is 5.11 Å². The van der Waals surface area contributed by atoms with Crippen LogP contribution in [0.1, 0.15) is 39.0 Å². The summed E-state index contributed by atoms with van der Waals surface area (Å²) in [5.74, 6) is 0. The molecule has 0 saturated heterocycles. The van der Waals surface area contributed by atoms with E-state index < -0.39 is 5.60 Å². The first-order valence-electron chi connectivity index (χ1n) is 3.41. The maximum atomic E-state index is 11.1. The van der Waals surface area contributed by atoms with Gasteiger partial charge in [0.1, 0.15) is 0 Å². The minimum absolute atomic E-state index is 0. The van der Waals surface area contributed by atoms with E-state index in [1.54, 1.807) is 0 Å². The van der Waals surface area contributed by atoms with E-state index in [4.69, 9.17) is 0 Å². The Bertz CT molecular complexity index is 73.0. The van der Waals surface area contributed by atoms with E-state index in [0.29, 0.717) is 0 Å². The van der Waals surface area contributed by atoms with Crippen LogP contribution in [0.3, 0.4) is 0 Å². The molecule has 9 heavy (non-hydrogen) atoms. The zero-order valence-corrected chi connectivity index (χ0v) is 8.44. The third-order valence-corrected chi connectivity index (χ3v) is 1.91. The fourth-order valence-electron chi connectivity index (χ4n) is 1.30. The summed E-state index contributed by atoms with van der Waals surface area (Å²) >= 11 is 0. The minimum atomic E-state index is -0.571. The summed E-state index contributed by atoms with van der Waals surface area (Å²) < 4.78 is 0. The molecule has 0 N–H and O–H groups in total. The molecule has 48 valence electrons. The van der Waals surface area contributed by atoms with Gasteiger partial charge in [0.25, 0.3) is 0 Å². The SMILES string of the molecule is CC1([O-])CCCCC1.[Na+]. The predicted molar refractivity (Wildman–Crippen MR) is 31.5 cm³/mol. The van der Waals surface area contributed by atoms with Crippen LogP contribution in [0.2, 0.25) is 0 Å². The van der Waals surface area contributed by atoms with Gasteiger partial charge in [0, 0.05) is 0 Å². The van der Waals surface area contributed by atoms with Crippen molar-refractivity contribution >= 4 is 0 Å². The van der Waals surface area contributed by atoms with E-state index in [9.17, 15) is 5.11 Å². The Labute approximate surface area is 79.1 Å². The quantitative estimate of drug-likeness (QED) is 0.356. The molecule has 1 aliphatic rings. The van der Waals surface area contributed by atoms with Crippen molar-refractivity contribution in [1.29, 1.82) is 0 Å². The standard InChI is InChI=1S/C7H13O.Na/c1-7(8)5-3-2-4-6-7;/h2-6H2,1H3;/q-1;+1. The molecule has 0 aliphatic heterocycles. The van der Waals surface area contributed by atoms with Gasteiger partial charge in [-0.1, -0.05) is 39.0 Å². The van der Waals surface area contributed by atoms with E-state index >= 15 is 0 Å². The van der Waals surface area contributed by atoms with Gasteiger partial charge in [0.2, 0.25) is 0 Å². The summed E-state index contributed by atoms with van der Waals surface area (Å²) in [5.41, 5.74) is -0.571. The van der Waals surface area contributed by atoms with Gasteiger partial charge in [-0.15, -0.1) is 5.60 Å². The average Bonchev–Trinajstić information content (AvgIpc) is 1.65. The summed E-state index contributed by atoms with van der Waals surface area (Å²) in [5, 5.41) is 11.1.